The molecular weight excluding hydrogens is 342 g/mol. The van der Waals surface area contributed by atoms with Crippen LogP contribution in [-0.4, -0.2) is 18.2 Å². The largest absolute Gasteiger partial charge is 0.496 e. The van der Waals surface area contributed by atoms with Crippen LogP contribution in [0.1, 0.15) is 21.7 Å². The Morgan fingerprint density at radius 1 is 1.16 bits per heavy atom. The van der Waals surface area contributed by atoms with Gasteiger partial charge in [0.15, 0.2) is 0 Å². The van der Waals surface area contributed by atoms with Crippen LogP contribution in [0.2, 0.25) is 5.02 Å². The Hall–Kier alpha value is -2.79. The van der Waals surface area contributed by atoms with E-state index in [2.05, 4.69) is 5.16 Å². The van der Waals surface area contributed by atoms with Gasteiger partial charge in [0.25, 0.3) is 0 Å². The van der Waals surface area contributed by atoms with Gasteiger partial charge in [-0.25, -0.2) is 4.79 Å². The number of hydrogen-bond donors (Lipinski definition) is 0. The minimum absolute atomic E-state index is 0.0788. The summed E-state index contributed by atoms with van der Waals surface area (Å²) in [5.74, 6) is 0.503. The summed E-state index contributed by atoms with van der Waals surface area (Å²) in [5, 5.41) is 4.45. The highest BCUT2D eigenvalue weighted by molar-refractivity contribution is 6.33. The van der Waals surface area contributed by atoms with E-state index in [1.54, 1.807) is 32.2 Å². The third-order valence-corrected chi connectivity index (χ3v) is 4.08. The minimum Gasteiger partial charge on any atom is -0.496 e. The maximum Gasteiger partial charge on any atom is 0.344 e. The molecule has 6 heteroatoms. The summed E-state index contributed by atoms with van der Waals surface area (Å²) in [6.07, 6.45) is 0. The maximum absolute atomic E-state index is 12.6. The van der Waals surface area contributed by atoms with Crippen LogP contribution >= 0.6 is 11.6 Å². The van der Waals surface area contributed by atoms with Gasteiger partial charge in [0.1, 0.15) is 29.4 Å². The molecule has 0 fully saturated rings. The molecular formula is C19H16ClNO4. The van der Waals surface area contributed by atoms with Crippen LogP contribution in [0.5, 0.6) is 5.75 Å². The van der Waals surface area contributed by atoms with Crippen LogP contribution in [0.25, 0.3) is 11.3 Å². The van der Waals surface area contributed by atoms with Crippen LogP contribution in [0.3, 0.4) is 0 Å². The van der Waals surface area contributed by atoms with Gasteiger partial charge in [0.2, 0.25) is 0 Å². The minimum atomic E-state index is -0.528. The van der Waals surface area contributed by atoms with E-state index in [-0.39, 0.29) is 12.2 Å². The fraction of sp³-hybridized carbons (Fsp3) is 0.158. The lowest BCUT2D eigenvalue weighted by Crippen LogP contribution is -2.08. The second-order valence-electron chi connectivity index (χ2n) is 5.33. The standard InChI is InChI=1S/C19H16ClNO4/c1-12-17(18(21-25-12)14-8-4-5-9-15(14)20)19(22)24-11-13-7-3-6-10-16(13)23-2/h3-10H,11H2,1-2H3. The molecule has 0 amide bonds. The monoisotopic (exact) mass is 357 g/mol. The number of aromatic nitrogens is 1. The first-order valence-electron chi connectivity index (χ1n) is 7.62. The zero-order valence-corrected chi connectivity index (χ0v) is 14.5. The van der Waals surface area contributed by atoms with Gasteiger partial charge in [-0.1, -0.05) is 53.2 Å². The number of methoxy groups -OCH3 is 1. The van der Waals surface area contributed by atoms with Crippen molar-refractivity contribution in [3.8, 4) is 17.0 Å². The molecule has 5 nitrogen and oxygen atoms in total. The first-order chi connectivity index (χ1) is 12.1. The van der Waals surface area contributed by atoms with Gasteiger partial charge in [-0.05, 0) is 19.1 Å². The number of halogens is 1. The normalized spacial score (nSPS) is 10.5. The van der Waals surface area contributed by atoms with Crippen molar-refractivity contribution in [3.05, 3.63) is 70.4 Å². The molecule has 0 aliphatic rings. The molecule has 3 rings (SSSR count). The second kappa shape index (κ2) is 7.40. The molecule has 2 aromatic carbocycles. The first-order valence-corrected chi connectivity index (χ1v) is 7.99. The van der Waals surface area contributed by atoms with Crippen LogP contribution in [0.15, 0.2) is 53.1 Å². The van der Waals surface area contributed by atoms with Crippen molar-refractivity contribution < 1.29 is 18.8 Å². The summed E-state index contributed by atoms with van der Waals surface area (Å²) < 4.78 is 15.9. The lowest BCUT2D eigenvalue weighted by atomic mass is 10.1. The van der Waals surface area contributed by atoms with Crippen molar-refractivity contribution in [2.24, 2.45) is 0 Å². The quantitative estimate of drug-likeness (QED) is 0.621. The van der Waals surface area contributed by atoms with E-state index in [0.29, 0.717) is 27.8 Å². The zero-order valence-electron chi connectivity index (χ0n) is 13.8. The highest BCUT2D eigenvalue weighted by Crippen LogP contribution is 2.31. The van der Waals surface area contributed by atoms with E-state index in [0.717, 1.165) is 5.56 Å². The lowest BCUT2D eigenvalue weighted by Gasteiger charge is -2.09. The van der Waals surface area contributed by atoms with Gasteiger partial charge in [0.05, 0.1) is 12.1 Å². The summed E-state index contributed by atoms with van der Waals surface area (Å²) in [4.78, 5) is 12.6. The van der Waals surface area contributed by atoms with Crippen molar-refractivity contribution in [1.82, 2.24) is 5.16 Å². The molecule has 128 valence electrons. The van der Waals surface area contributed by atoms with Crippen molar-refractivity contribution in [1.29, 1.82) is 0 Å². The highest BCUT2D eigenvalue weighted by Gasteiger charge is 2.24. The number of hydrogen-bond acceptors (Lipinski definition) is 5. The highest BCUT2D eigenvalue weighted by atomic mass is 35.5. The Kier molecular flexibility index (Phi) is 5.05. The Balaban J connectivity index is 1.86. The molecule has 0 spiro atoms. The lowest BCUT2D eigenvalue weighted by molar-refractivity contribution is 0.0469. The molecule has 0 radical (unpaired) electrons. The molecule has 1 heterocycles. The van der Waals surface area contributed by atoms with Gasteiger partial charge < -0.3 is 14.0 Å². The number of aryl methyl sites for hydroxylation is 1. The number of esters is 1. The van der Waals surface area contributed by atoms with E-state index in [4.69, 9.17) is 25.6 Å². The number of para-hydroxylation sites is 1. The van der Waals surface area contributed by atoms with Crippen LogP contribution in [-0.2, 0) is 11.3 Å². The molecule has 0 atom stereocenters. The summed E-state index contributed by atoms with van der Waals surface area (Å²) in [5.41, 5.74) is 2.02. The first kappa shape index (κ1) is 17.0. The molecule has 0 saturated carbocycles. The maximum atomic E-state index is 12.6. The Morgan fingerprint density at radius 3 is 2.64 bits per heavy atom. The van der Waals surface area contributed by atoms with E-state index in [1.165, 1.54) is 0 Å². The van der Waals surface area contributed by atoms with Crippen molar-refractivity contribution in [3.63, 3.8) is 0 Å². The van der Waals surface area contributed by atoms with Crippen molar-refractivity contribution in [2.75, 3.05) is 7.11 Å². The molecule has 0 unspecified atom stereocenters. The van der Waals surface area contributed by atoms with Crippen molar-refractivity contribution >= 4 is 17.6 Å². The van der Waals surface area contributed by atoms with Gasteiger partial charge >= 0.3 is 5.97 Å². The second-order valence-corrected chi connectivity index (χ2v) is 5.74. The predicted octanol–water partition coefficient (Wildman–Crippen LogP) is 4.67. The van der Waals surface area contributed by atoms with Crippen molar-refractivity contribution in [2.45, 2.75) is 13.5 Å². The molecule has 0 aliphatic heterocycles. The average molecular weight is 358 g/mol. The van der Waals surface area contributed by atoms with Gasteiger partial charge in [-0.3, -0.25) is 0 Å². The number of carbonyl (C=O) groups excluding carboxylic acids is 1. The molecule has 1 aromatic heterocycles. The Morgan fingerprint density at radius 2 is 1.88 bits per heavy atom. The fourth-order valence-electron chi connectivity index (χ4n) is 2.49. The van der Waals surface area contributed by atoms with Crippen LogP contribution < -0.4 is 4.74 Å². The molecule has 0 bridgehead atoms. The molecule has 0 saturated heterocycles. The number of rotatable bonds is 5. The molecule has 0 aliphatic carbocycles. The Labute approximate surface area is 150 Å². The third-order valence-electron chi connectivity index (χ3n) is 3.75. The third kappa shape index (κ3) is 3.51. The van der Waals surface area contributed by atoms with Gasteiger partial charge in [-0.2, -0.15) is 0 Å². The summed E-state index contributed by atoms with van der Waals surface area (Å²) >= 11 is 6.21. The predicted molar refractivity (Wildman–Crippen MR) is 93.8 cm³/mol. The average Bonchev–Trinajstić information content (AvgIpc) is 3.01. The smallest absolute Gasteiger partial charge is 0.344 e. The topological polar surface area (TPSA) is 61.6 Å². The van der Waals surface area contributed by atoms with Gasteiger partial charge in [-0.15, -0.1) is 0 Å². The number of ether oxygens (including phenoxy) is 2. The molecule has 3 aromatic rings. The summed E-state index contributed by atoms with van der Waals surface area (Å²) in [7, 11) is 1.57. The van der Waals surface area contributed by atoms with E-state index in [1.807, 2.05) is 30.3 Å². The van der Waals surface area contributed by atoms with E-state index < -0.39 is 5.97 Å². The Bertz CT molecular complexity index is 904. The van der Waals surface area contributed by atoms with Crippen LogP contribution in [0, 0.1) is 6.92 Å². The fourth-order valence-corrected chi connectivity index (χ4v) is 2.71. The van der Waals surface area contributed by atoms with Crippen LogP contribution in [0.4, 0.5) is 0 Å². The number of carbonyl (C=O) groups is 1. The summed E-state index contributed by atoms with van der Waals surface area (Å²) in [6.45, 7) is 1.74. The zero-order chi connectivity index (χ0) is 17.8. The summed E-state index contributed by atoms with van der Waals surface area (Å²) in [6, 6.07) is 14.5. The van der Waals surface area contributed by atoms with Gasteiger partial charge in [0, 0.05) is 11.1 Å². The number of benzene rings is 2. The molecule has 0 N–H and O–H groups in total. The SMILES string of the molecule is COc1ccccc1COC(=O)c1c(-c2ccccc2Cl)noc1C. The number of nitrogens with zero attached hydrogens (tertiary/aromatic N) is 1. The van der Waals surface area contributed by atoms with E-state index >= 15 is 0 Å². The van der Waals surface area contributed by atoms with E-state index in [9.17, 15) is 4.79 Å². The molecule has 25 heavy (non-hydrogen) atoms.